The number of esters is 2. The summed E-state index contributed by atoms with van der Waals surface area (Å²) in [7, 11) is 2.37. The van der Waals surface area contributed by atoms with Gasteiger partial charge < -0.3 is 20.1 Å². The quantitative estimate of drug-likeness (QED) is 0.596. The highest BCUT2D eigenvalue weighted by molar-refractivity contribution is 5.90. The number of rotatable bonds is 9. The molecular formula is C19H25FN2O6. The summed E-state index contributed by atoms with van der Waals surface area (Å²) in [6.07, 6.45) is -0.103. The molecule has 1 rings (SSSR count). The molecule has 0 bridgehead atoms. The summed E-state index contributed by atoms with van der Waals surface area (Å²) < 4.78 is 22.7. The molecule has 0 heterocycles. The predicted octanol–water partition coefficient (Wildman–Crippen LogP) is 0.730. The van der Waals surface area contributed by atoms with Crippen molar-refractivity contribution in [3.8, 4) is 0 Å². The normalized spacial score (nSPS) is 13.6. The van der Waals surface area contributed by atoms with E-state index in [0.717, 1.165) is 7.11 Å². The Hall–Kier alpha value is -2.97. The molecule has 0 saturated carbocycles. The first-order chi connectivity index (χ1) is 13.2. The second-order valence-electron chi connectivity index (χ2n) is 6.35. The molecular weight excluding hydrogens is 371 g/mol. The van der Waals surface area contributed by atoms with Crippen LogP contribution in [0.4, 0.5) is 4.39 Å². The smallest absolute Gasteiger partial charge is 0.328 e. The minimum Gasteiger partial charge on any atom is -0.469 e. The minimum atomic E-state index is -1.12. The van der Waals surface area contributed by atoms with Gasteiger partial charge in [-0.3, -0.25) is 14.4 Å². The molecule has 0 aliphatic heterocycles. The molecule has 2 amide bonds. The molecule has 3 atom stereocenters. The number of hydrogen-bond donors (Lipinski definition) is 2. The van der Waals surface area contributed by atoms with Gasteiger partial charge in [0.25, 0.3) is 0 Å². The lowest BCUT2D eigenvalue weighted by Crippen LogP contribution is -2.54. The SMILES string of the molecule is COC(=O)C[C@@H](C)[C@H](NC(=O)[C@H](Cc1cccc(F)c1)NC(C)=O)C(=O)OC. The Morgan fingerprint density at radius 3 is 2.32 bits per heavy atom. The van der Waals surface area contributed by atoms with Crippen LogP contribution in [0.3, 0.4) is 0 Å². The van der Waals surface area contributed by atoms with E-state index >= 15 is 0 Å². The summed E-state index contributed by atoms with van der Waals surface area (Å²) in [5, 5.41) is 4.99. The predicted molar refractivity (Wildman–Crippen MR) is 97.5 cm³/mol. The van der Waals surface area contributed by atoms with Crippen molar-refractivity contribution in [2.45, 2.75) is 38.8 Å². The minimum absolute atomic E-state index is 0.0163. The largest absolute Gasteiger partial charge is 0.469 e. The fourth-order valence-corrected chi connectivity index (χ4v) is 2.63. The maximum Gasteiger partial charge on any atom is 0.328 e. The zero-order chi connectivity index (χ0) is 21.3. The van der Waals surface area contributed by atoms with Crippen molar-refractivity contribution < 1.29 is 33.0 Å². The second kappa shape index (κ2) is 11.0. The number of carbonyl (C=O) groups is 4. The molecule has 0 saturated heterocycles. The third-order valence-corrected chi connectivity index (χ3v) is 4.06. The average molecular weight is 396 g/mol. The van der Waals surface area contributed by atoms with Crippen LogP contribution in [-0.2, 0) is 35.1 Å². The molecule has 9 heteroatoms. The van der Waals surface area contributed by atoms with Crippen LogP contribution in [0.2, 0.25) is 0 Å². The fourth-order valence-electron chi connectivity index (χ4n) is 2.63. The molecule has 0 aromatic heterocycles. The van der Waals surface area contributed by atoms with Gasteiger partial charge in [-0.2, -0.15) is 0 Å². The molecule has 2 N–H and O–H groups in total. The Morgan fingerprint density at radius 2 is 1.79 bits per heavy atom. The van der Waals surface area contributed by atoms with Crippen molar-refractivity contribution in [1.29, 1.82) is 0 Å². The van der Waals surface area contributed by atoms with Gasteiger partial charge in [0, 0.05) is 13.3 Å². The van der Waals surface area contributed by atoms with Gasteiger partial charge in [0.05, 0.1) is 20.6 Å². The average Bonchev–Trinajstić information content (AvgIpc) is 2.64. The lowest BCUT2D eigenvalue weighted by Gasteiger charge is -2.25. The van der Waals surface area contributed by atoms with Crippen LogP contribution in [0.5, 0.6) is 0 Å². The van der Waals surface area contributed by atoms with Crippen molar-refractivity contribution in [3.63, 3.8) is 0 Å². The van der Waals surface area contributed by atoms with Crippen molar-refractivity contribution in [1.82, 2.24) is 10.6 Å². The lowest BCUT2D eigenvalue weighted by atomic mass is 9.97. The molecule has 0 aliphatic carbocycles. The van der Waals surface area contributed by atoms with E-state index in [1.807, 2.05) is 0 Å². The van der Waals surface area contributed by atoms with Gasteiger partial charge in [-0.15, -0.1) is 0 Å². The third-order valence-electron chi connectivity index (χ3n) is 4.06. The van der Waals surface area contributed by atoms with E-state index in [9.17, 15) is 23.6 Å². The summed E-state index contributed by atoms with van der Waals surface area (Å²) in [4.78, 5) is 47.8. The molecule has 0 unspecified atom stereocenters. The van der Waals surface area contributed by atoms with Crippen molar-refractivity contribution in [2.24, 2.45) is 5.92 Å². The summed E-state index contributed by atoms with van der Waals surface area (Å²) in [6, 6.07) is 3.45. The first kappa shape index (κ1) is 23.1. The number of ether oxygens (including phenoxy) is 2. The zero-order valence-corrected chi connectivity index (χ0v) is 16.3. The van der Waals surface area contributed by atoms with Crippen LogP contribution in [-0.4, -0.2) is 50.1 Å². The van der Waals surface area contributed by atoms with Crippen molar-refractivity contribution in [2.75, 3.05) is 14.2 Å². The first-order valence-electron chi connectivity index (χ1n) is 8.64. The van der Waals surface area contributed by atoms with Crippen molar-refractivity contribution >= 4 is 23.8 Å². The molecule has 0 fully saturated rings. The van der Waals surface area contributed by atoms with Crippen LogP contribution < -0.4 is 10.6 Å². The third kappa shape index (κ3) is 7.34. The van der Waals surface area contributed by atoms with Gasteiger partial charge in [-0.1, -0.05) is 19.1 Å². The van der Waals surface area contributed by atoms with Crippen LogP contribution in [0.1, 0.15) is 25.8 Å². The van der Waals surface area contributed by atoms with E-state index in [2.05, 4.69) is 15.4 Å². The monoisotopic (exact) mass is 396 g/mol. The standard InChI is InChI=1S/C19H25FN2O6/c1-11(8-16(24)27-3)17(19(26)28-4)22-18(25)15(21-12(2)23)10-13-6-5-7-14(20)9-13/h5-7,9,11,15,17H,8,10H2,1-4H3,(H,21,23)(H,22,25)/t11-,15+,17+/m1/s1. The molecule has 0 spiro atoms. The number of carbonyl (C=O) groups excluding carboxylic acids is 4. The highest BCUT2D eigenvalue weighted by atomic mass is 19.1. The van der Waals surface area contributed by atoms with Crippen molar-refractivity contribution in [3.05, 3.63) is 35.6 Å². The first-order valence-corrected chi connectivity index (χ1v) is 8.64. The lowest BCUT2D eigenvalue weighted by molar-refractivity contribution is -0.148. The maximum atomic E-state index is 13.4. The molecule has 8 nitrogen and oxygen atoms in total. The zero-order valence-electron chi connectivity index (χ0n) is 16.3. The highest BCUT2D eigenvalue weighted by Gasteiger charge is 2.32. The summed E-state index contributed by atoms with van der Waals surface area (Å²) in [6.45, 7) is 2.82. The molecule has 0 radical (unpaired) electrons. The van der Waals surface area contributed by atoms with E-state index in [1.165, 1.54) is 32.2 Å². The van der Waals surface area contributed by atoms with Crippen LogP contribution >= 0.6 is 0 Å². The second-order valence-corrected chi connectivity index (χ2v) is 6.35. The van der Waals surface area contributed by atoms with E-state index in [-0.39, 0.29) is 12.8 Å². The maximum absolute atomic E-state index is 13.4. The summed E-state index contributed by atoms with van der Waals surface area (Å²) in [5.74, 6) is -3.50. The van der Waals surface area contributed by atoms with E-state index in [0.29, 0.717) is 5.56 Å². The summed E-state index contributed by atoms with van der Waals surface area (Å²) >= 11 is 0. The summed E-state index contributed by atoms with van der Waals surface area (Å²) in [5.41, 5.74) is 0.492. The van der Waals surface area contributed by atoms with Crippen LogP contribution in [0.25, 0.3) is 0 Å². The van der Waals surface area contributed by atoms with E-state index < -0.39 is 47.6 Å². The van der Waals surface area contributed by atoms with Gasteiger partial charge in [-0.25, -0.2) is 9.18 Å². The Kier molecular flexibility index (Phi) is 9.07. The molecule has 28 heavy (non-hydrogen) atoms. The Morgan fingerprint density at radius 1 is 1.11 bits per heavy atom. The topological polar surface area (TPSA) is 111 Å². The van der Waals surface area contributed by atoms with Gasteiger partial charge in [-0.05, 0) is 23.6 Å². The number of methoxy groups -OCH3 is 2. The Labute approximate surface area is 162 Å². The van der Waals surface area contributed by atoms with Gasteiger partial charge in [0.15, 0.2) is 0 Å². The molecule has 1 aromatic carbocycles. The van der Waals surface area contributed by atoms with Gasteiger partial charge >= 0.3 is 11.9 Å². The number of nitrogens with one attached hydrogen (secondary N) is 2. The number of amides is 2. The van der Waals surface area contributed by atoms with Gasteiger partial charge in [0.2, 0.25) is 11.8 Å². The number of benzene rings is 1. The van der Waals surface area contributed by atoms with Crippen LogP contribution in [0, 0.1) is 11.7 Å². The van der Waals surface area contributed by atoms with Gasteiger partial charge in [0.1, 0.15) is 17.9 Å². The number of halogens is 1. The molecule has 1 aromatic rings. The number of hydrogen-bond acceptors (Lipinski definition) is 6. The molecule has 0 aliphatic rings. The Bertz CT molecular complexity index is 724. The van der Waals surface area contributed by atoms with E-state index in [4.69, 9.17) is 4.74 Å². The fraction of sp³-hybridized carbons (Fsp3) is 0.474. The van der Waals surface area contributed by atoms with Crippen LogP contribution in [0.15, 0.2) is 24.3 Å². The Balaban J connectivity index is 2.98. The molecule has 154 valence electrons. The highest BCUT2D eigenvalue weighted by Crippen LogP contribution is 2.13. The van der Waals surface area contributed by atoms with E-state index in [1.54, 1.807) is 13.0 Å².